The van der Waals surface area contributed by atoms with Gasteiger partial charge in [-0.15, -0.1) is 0 Å². The molecular formula is C8H6AsCl3Zr. The molecule has 0 fully saturated rings. The summed E-state index contributed by atoms with van der Waals surface area (Å²) in [6, 6.07) is 8.53. The fourth-order valence-corrected chi connectivity index (χ4v) is 2.74. The van der Waals surface area contributed by atoms with Crippen LogP contribution >= 0.6 is 0 Å². The number of hydrogen-bond donors (Lipinski definition) is 0. The van der Waals surface area contributed by atoms with Gasteiger partial charge in [0.2, 0.25) is 0 Å². The third-order valence-corrected chi connectivity index (χ3v) is 3.52. The van der Waals surface area contributed by atoms with Crippen LogP contribution in [0.4, 0.5) is 0 Å². The molecule has 1 atom stereocenters. The van der Waals surface area contributed by atoms with Crippen LogP contribution in [-0.4, -0.2) is 15.8 Å². The zero-order valence-electron chi connectivity index (χ0n) is 6.52. The predicted molar refractivity (Wildman–Crippen MR) is 40.9 cm³/mol. The van der Waals surface area contributed by atoms with Crippen LogP contribution in [0, 0.1) is 4.86 Å². The first-order chi connectivity index (χ1) is 4.47. The van der Waals surface area contributed by atoms with Gasteiger partial charge in [0.25, 0.3) is 0 Å². The first kappa shape index (κ1) is 19.8. The van der Waals surface area contributed by atoms with E-state index in [0.717, 1.165) is 0 Å². The van der Waals surface area contributed by atoms with Crippen LogP contribution in [0.15, 0.2) is 24.3 Å². The van der Waals surface area contributed by atoms with Gasteiger partial charge in [-0.2, -0.15) is 0 Å². The zero-order valence-corrected chi connectivity index (χ0v) is 13.3. The van der Waals surface area contributed by atoms with Crippen molar-refractivity contribution < 1.29 is 63.4 Å². The Labute approximate surface area is 123 Å². The number of hydrogen-bond acceptors (Lipinski definition) is 0. The van der Waals surface area contributed by atoms with Crippen molar-refractivity contribution in [2.45, 2.75) is 0 Å². The van der Waals surface area contributed by atoms with Crippen LogP contribution in [0.5, 0.6) is 0 Å². The van der Waals surface area contributed by atoms with Gasteiger partial charge in [0.1, 0.15) is 0 Å². The van der Waals surface area contributed by atoms with Crippen LogP contribution in [0.3, 0.4) is 0 Å². The maximum Gasteiger partial charge on any atom is 4.00 e. The van der Waals surface area contributed by atoms with E-state index in [1.54, 1.807) is 0 Å². The molecular weight excluding hydrogens is 369 g/mol. The molecule has 0 spiro atoms. The molecule has 2 rings (SSSR count). The molecule has 0 saturated carbocycles. The molecule has 68 valence electrons. The summed E-state index contributed by atoms with van der Waals surface area (Å²) in [5.74, 6) is 0. The summed E-state index contributed by atoms with van der Waals surface area (Å²) in [6.45, 7) is 0. The Morgan fingerprint density at radius 2 is 1.62 bits per heavy atom. The molecule has 0 saturated heterocycles. The molecule has 13 heavy (non-hydrogen) atoms. The molecule has 5 heteroatoms. The van der Waals surface area contributed by atoms with E-state index in [9.17, 15) is 0 Å². The van der Waals surface area contributed by atoms with E-state index in [2.05, 4.69) is 35.2 Å². The summed E-state index contributed by atoms with van der Waals surface area (Å²) in [5, 5.41) is 0. The summed E-state index contributed by atoms with van der Waals surface area (Å²) in [7, 11) is 0. The molecule has 0 aromatic heterocycles. The SMILES string of the molecule is [C-]1=Cc2ccccc2[AsH]1.[Cl-].[Cl-].[Cl-].[Zr+4]. The van der Waals surface area contributed by atoms with Gasteiger partial charge >= 0.3 is 87.1 Å². The first-order valence-electron chi connectivity index (χ1n) is 2.90. The van der Waals surface area contributed by atoms with Crippen LogP contribution in [0.1, 0.15) is 5.56 Å². The van der Waals surface area contributed by atoms with Crippen molar-refractivity contribution in [1.82, 2.24) is 0 Å². The van der Waals surface area contributed by atoms with Crippen molar-refractivity contribution in [3.63, 3.8) is 0 Å². The minimum Gasteiger partial charge on any atom is -1.00 e. The molecule has 0 amide bonds. The topological polar surface area (TPSA) is 0 Å². The van der Waals surface area contributed by atoms with E-state index in [1.165, 1.54) is 9.91 Å². The standard InChI is InChI=1S/C8H6As.3ClH.Zr/c1-2-4-8-7(3-1)5-6-9-8;;;;/h1-5,9H;3*1H;/q-1;;;;+4/p-3. The maximum atomic E-state index is 3.29. The average molecular weight is 375 g/mol. The first-order valence-corrected chi connectivity index (χ1v) is 5.00. The zero-order chi connectivity index (χ0) is 6.10. The number of benzene rings is 1. The van der Waals surface area contributed by atoms with Crippen LogP contribution < -0.4 is 41.6 Å². The van der Waals surface area contributed by atoms with Gasteiger partial charge in [-0.3, -0.25) is 0 Å². The van der Waals surface area contributed by atoms with Crippen molar-refractivity contribution in [3.8, 4) is 0 Å². The van der Waals surface area contributed by atoms with E-state index in [1.807, 2.05) is 0 Å². The molecule has 1 unspecified atom stereocenters. The quantitative estimate of drug-likeness (QED) is 0.313. The fourth-order valence-electron chi connectivity index (χ4n) is 0.928. The predicted octanol–water partition coefficient (Wildman–Crippen LogP) is -8.45. The molecule has 0 radical (unpaired) electrons. The summed E-state index contributed by atoms with van der Waals surface area (Å²) < 4.78 is 1.53. The maximum absolute atomic E-state index is 3.29. The minimum absolute atomic E-state index is 0. The molecule has 1 aliphatic heterocycles. The molecule has 0 nitrogen and oxygen atoms in total. The van der Waals surface area contributed by atoms with Crippen molar-refractivity contribution >= 4 is 26.2 Å². The molecule has 1 aromatic rings. The summed E-state index contributed by atoms with van der Waals surface area (Å²) in [5.41, 5.74) is 1.39. The van der Waals surface area contributed by atoms with Crippen LogP contribution in [-0.2, 0) is 26.2 Å². The second kappa shape index (κ2) is 9.81. The number of rotatable bonds is 0. The summed E-state index contributed by atoms with van der Waals surface area (Å²) in [6.07, 6.45) is 2.11. The van der Waals surface area contributed by atoms with Crippen LogP contribution in [0.25, 0.3) is 6.08 Å². The van der Waals surface area contributed by atoms with Gasteiger partial charge in [-0.1, -0.05) is 0 Å². The third kappa shape index (κ3) is 5.05. The minimum atomic E-state index is -0.00296. The molecule has 0 aliphatic carbocycles. The molecule has 0 N–H and O–H groups in total. The van der Waals surface area contributed by atoms with Gasteiger partial charge in [-0.05, 0) is 0 Å². The van der Waals surface area contributed by atoms with Gasteiger partial charge in [0, 0.05) is 0 Å². The van der Waals surface area contributed by atoms with Crippen molar-refractivity contribution in [3.05, 3.63) is 34.7 Å². The van der Waals surface area contributed by atoms with E-state index in [-0.39, 0.29) is 79.2 Å². The van der Waals surface area contributed by atoms with E-state index < -0.39 is 0 Å². The van der Waals surface area contributed by atoms with Gasteiger partial charge in [0.15, 0.2) is 0 Å². The molecule has 1 aromatic carbocycles. The molecule has 1 aliphatic rings. The Kier molecular flexibility index (Phi) is 14.9. The Morgan fingerprint density at radius 1 is 1.00 bits per heavy atom. The monoisotopic (exact) mass is 372 g/mol. The van der Waals surface area contributed by atoms with E-state index in [0.29, 0.717) is 0 Å². The normalized spacial score (nSPS) is 11.4. The Hall–Kier alpha value is 1.27. The smallest absolute Gasteiger partial charge is 1.00 e. The number of halogens is 3. The van der Waals surface area contributed by atoms with Gasteiger partial charge < -0.3 is 37.2 Å². The molecule has 0 bridgehead atoms. The second-order valence-corrected chi connectivity index (χ2v) is 4.26. The Bertz CT molecular complexity index is 265. The van der Waals surface area contributed by atoms with E-state index in [4.69, 9.17) is 0 Å². The van der Waals surface area contributed by atoms with E-state index >= 15 is 0 Å². The summed E-state index contributed by atoms with van der Waals surface area (Å²) in [4.78, 5) is 3.29. The van der Waals surface area contributed by atoms with Gasteiger partial charge in [-0.25, -0.2) is 0 Å². The van der Waals surface area contributed by atoms with Crippen LogP contribution in [0.2, 0.25) is 0 Å². The van der Waals surface area contributed by atoms with Crippen molar-refractivity contribution in [2.24, 2.45) is 0 Å². The fraction of sp³-hybridized carbons (Fsp3) is 0. The Morgan fingerprint density at radius 3 is 2.23 bits per heavy atom. The Balaban J connectivity index is -0.000000250. The number of fused-ring (bicyclic) bond motifs is 1. The molecule has 1 heterocycles. The average Bonchev–Trinajstić information content (AvgIpc) is 2.33. The van der Waals surface area contributed by atoms with Crippen molar-refractivity contribution in [1.29, 1.82) is 0 Å². The summed E-state index contributed by atoms with van der Waals surface area (Å²) >= 11 is -0.00296. The largest absolute Gasteiger partial charge is 4.00 e. The van der Waals surface area contributed by atoms with Crippen molar-refractivity contribution in [2.75, 3.05) is 0 Å². The third-order valence-electron chi connectivity index (χ3n) is 1.40. The second-order valence-electron chi connectivity index (χ2n) is 2.00. The van der Waals surface area contributed by atoms with Gasteiger partial charge in [0.05, 0.1) is 0 Å².